The molecule has 0 radical (unpaired) electrons. The molecular weight excluding hydrogens is 280 g/mol. The molecule has 4 rings (SSSR count). The zero-order chi connectivity index (χ0) is 15.1. The average Bonchev–Trinajstić information content (AvgIpc) is 2.92. The van der Waals surface area contributed by atoms with Crippen molar-refractivity contribution in [2.24, 2.45) is 5.92 Å². The topological polar surface area (TPSA) is 60.5 Å². The van der Waals surface area contributed by atoms with Gasteiger partial charge < -0.3 is 14.8 Å². The van der Waals surface area contributed by atoms with Crippen LogP contribution in [0.2, 0.25) is 0 Å². The lowest BCUT2D eigenvalue weighted by molar-refractivity contribution is 0.00812. The van der Waals surface area contributed by atoms with Crippen molar-refractivity contribution in [3.8, 4) is 5.88 Å². The number of nitrogens with zero attached hydrogens (tertiary/aromatic N) is 1. The fourth-order valence-corrected chi connectivity index (χ4v) is 3.45. The number of aromatic nitrogens is 1. The van der Waals surface area contributed by atoms with Gasteiger partial charge in [-0.25, -0.2) is 4.98 Å². The van der Waals surface area contributed by atoms with Crippen molar-refractivity contribution in [1.29, 1.82) is 0 Å². The van der Waals surface area contributed by atoms with Crippen LogP contribution in [0.4, 0.5) is 0 Å². The molecule has 114 valence electrons. The van der Waals surface area contributed by atoms with E-state index in [0.29, 0.717) is 23.5 Å². The molecule has 1 aliphatic heterocycles. The Kier molecular flexibility index (Phi) is 3.22. The summed E-state index contributed by atoms with van der Waals surface area (Å²) in [6.45, 7) is 0.813. The number of benzene rings is 1. The third-order valence-electron chi connectivity index (χ3n) is 4.73. The van der Waals surface area contributed by atoms with Gasteiger partial charge in [0.05, 0.1) is 24.3 Å². The minimum Gasteiger partial charge on any atom is -0.481 e. The van der Waals surface area contributed by atoms with Crippen molar-refractivity contribution >= 4 is 16.8 Å². The molecule has 3 atom stereocenters. The molecule has 1 aliphatic carbocycles. The van der Waals surface area contributed by atoms with Gasteiger partial charge >= 0.3 is 0 Å². The van der Waals surface area contributed by atoms with E-state index in [1.165, 1.54) is 0 Å². The highest BCUT2D eigenvalue weighted by Gasteiger charge is 2.45. The van der Waals surface area contributed by atoms with Gasteiger partial charge in [0.2, 0.25) is 5.88 Å². The second-order valence-corrected chi connectivity index (χ2v) is 5.91. The molecule has 1 aromatic carbocycles. The first kappa shape index (κ1) is 13.5. The molecule has 2 aliphatic rings. The Hall–Kier alpha value is -2.14. The van der Waals surface area contributed by atoms with Gasteiger partial charge in [-0.05, 0) is 18.9 Å². The molecule has 0 bridgehead atoms. The Morgan fingerprint density at radius 1 is 1.41 bits per heavy atom. The van der Waals surface area contributed by atoms with E-state index in [9.17, 15) is 4.79 Å². The molecule has 5 heteroatoms. The van der Waals surface area contributed by atoms with Crippen LogP contribution in [0, 0.1) is 5.92 Å². The lowest BCUT2D eigenvalue weighted by Crippen LogP contribution is -2.53. The average molecular weight is 298 g/mol. The van der Waals surface area contributed by atoms with Crippen molar-refractivity contribution in [1.82, 2.24) is 10.3 Å². The number of para-hydroxylation sites is 1. The van der Waals surface area contributed by atoms with Crippen LogP contribution >= 0.6 is 0 Å². The van der Waals surface area contributed by atoms with Crippen LogP contribution in [0.1, 0.15) is 23.2 Å². The molecule has 1 N–H and O–H groups in total. The molecule has 1 saturated carbocycles. The Morgan fingerprint density at radius 3 is 3.09 bits per heavy atom. The minimum absolute atomic E-state index is 0.0627. The lowest BCUT2D eigenvalue weighted by Gasteiger charge is -2.39. The molecule has 2 aromatic rings. The van der Waals surface area contributed by atoms with Crippen LogP contribution in [-0.2, 0) is 4.74 Å². The highest BCUT2D eigenvalue weighted by Crippen LogP contribution is 2.38. The van der Waals surface area contributed by atoms with Gasteiger partial charge in [-0.1, -0.05) is 18.2 Å². The first-order chi connectivity index (χ1) is 10.8. The van der Waals surface area contributed by atoms with E-state index < -0.39 is 0 Å². The van der Waals surface area contributed by atoms with Gasteiger partial charge in [0, 0.05) is 30.0 Å². The number of amides is 1. The second-order valence-electron chi connectivity index (χ2n) is 5.91. The number of fused-ring (bicyclic) bond motifs is 2. The number of methoxy groups -OCH3 is 1. The predicted octanol–water partition coefficient (Wildman–Crippen LogP) is 2.15. The molecule has 1 amide bonds. The summed E-state index contributed by atoms with van der Waals surface area (Å²) < 4.78 is 10.8. The molecule has 1 aromatic heterocycles. The quantitative estimate of drug-likeness (QED) is 0.943. The van der Waals surface area contributed by atoms with Gasteiger partial charge in [-0.15, -0.1) is 0 Å². The Balaban J connectivity index is 1.63. The van der Waals surface area contributed by atoms with Crippen molar-refractivity contribution < 1.29 is 14.3 Å². The second kappa shape index (κ2) is 5.25. The number of rotatable bonds is 3. The Bertz CT molecular complexity index is 731. The van der Waals surface area contributed by atoms with Crippen LogP contribution in [0.15, 0.2) is 30.3 Å². The molecular formula is C17H18N2O3. The maximum Gasteiger partial charge on any atom is 0.252 e. The normalized spacial score (nSPS) is 26.3. The summed E-state index contributed by atoms with van der Waals surface area (Å²) in [5.74, 6) is 0.866. The highest BCUT2D eigenvalue weighted by molar-refractivity contribution is 6.06. The van der Waals surface area contributed by atoms with Crippen molar-refractivity contribution in [2.75, 3.05) is 13.7 Å². The summed E-state index contributed by atoms with van der Waals surface area (Å²) in [4.78, 5) is 17.1. The third kappa shape index (κ3) is 2.13. The number of hydrogen-bond donors (Lipinski definition) is 1. The van der Waals surface area contributed by atoms with Gasteiger partial charge in [0.1, 0.15) is 0 Å². The first-order valence-corrected chi connectivity index (χ1v) is 7.62. The van der Waals surface area contributed by atoms with Crippen molar-refractivity contribution in [3.05, 3.63) is 35.9 Å². The van der Waals surface area contributed by atoms with Gasteiger partial charge in [0.25, 0.3) is 5.91 Å². The number of ether oxygens (including phenoxy) is 2. The largest absolute Gasteiger partial charge is 0.481 e. The SMILES string of the molecule is COc1cc(C(=O)N[C@H]2C[C@@H]3OCC[C@H]23)c2ccccc2n1. The van der Waals surface area contributed by atoms with Crippen LogP contribution in [-0.4, -0.2) is 36.8 Å². The Morgan fingerprint density at radius 2 is 2.27 bits per heavy atom. The molecule has 22 heavy (non-hydrogen) atoms. The summed E-state index contributed by atoms with van der Waals surface area (Å²) in [6, 6.07) is 9.55. The number of carbonyl (C=O) groups is 1. The van der Waals surface area contributed by atoms with Gasteiger partial charge in [0.15, 0.2) is 0 Å². The predicted molar refractivity (Wildman–Crippen MR) is 82.0 cm³/mol. The number of nitrogens with one attached hydrogen (secondary N) is 1. The highest BCUT2D eigenvalue weighted by atomic mass is 16.5. The number of pyridine rings is 1. The molecule has 1 saturated heterocycles. The van der Waals surface area contributed by atoms with Gasteiger partial charge in [-0.2, -0.15) is 0 Å². The molecule has 5 nitrogen and oxygen atoms in total. The van der Waals surface area contributed by atoms with Crippen LogP contribution in [0.3, 0.4) is 0 Å². The molecule has 2 fully saturated rings. The summed E-state index contributed by atoms with van der Waals surface area (Å²) in [6.07, 6.45) is 2.29. The monoisotopic (exact) mass is 298 g/mol. The molecule has 0 spiro atoms. The van der Waals surface area contributed by atoms with E-state index in [-0.39, 0.29) is 11.9 Å². The maximum absolute atomic E-state index is 12.7. The van der Waals surface area contributed by atoms with Gasteiger partial charge in [-0.3, -0.25) is 4.79 Å². The Labute approximate surface area is 128 Å². The van der Waals surface area contributed by atoms with E-state index in [2.05, 4.69) is 10.3 Å². The van der Waals surface area contributed by atoms with E-state index in [1.807, 2.05) is 24.3 Å². The number of carbonyl (C=O) groups excluding carboxylic acids is 1. The smallest absolute Gasteiger partial charge is 0.252 e. The fraction of sp³-hybridized carbons (Fsp3) is 0.412. The maximum atomic E-state index is 12.7. The molecule has 0 unspecified atom stereocenters. The summed E-state index contributed by atoms with van der Waals surface area (Å²) >= 11 is 0. The third-order valence-corrected chi connectivity index (χ3v) is 4.73. The summed E-state index contributed by atoms with van der Waals surface area (Å²) in [5.41, 5.74) is 1.38. The summed E-state index contributed by atoms with van der Waals surface area (Å²) in [5, 5.41) is 3.99. The fourth-order valence-electron chi connectivity index (χ4n) is 3.45. The van der Waals surface area contributed by atoms with Crippen LogP contribution in [0.25, 0.3) is 10.9 Å². The minimum atomic E-state index is -0.0627. The zero-order valence-electron chi connectivity index (χ0n) is 12.4. The first-order valence-electron chi connectivity index (χ1n) is 7.62. The lowest BCUT2D eigenvalue weighted by atomic mass is 9.76. The molecule has 2 heterocycles. The van der Waals surface area contributed by atoms with E-state index in [4.69, 9.17) is 9.47 Å². The van der Waals surface area contributed by atoms with Crippen LogP contribution in [0.5, 0.6) is 5.88 Å². The van der Waals surface area contributed by atoms with E-state index in [0.717, 1.165) is 30.4 Å². The zero-order valence-corrected chi connectivity index (χ0v) is 12.4. The van der Waals surface area contributed by atoms with E-state index >= 15 is 0 Å². The standard InChI is InChI=1S/C17H18N2O3/c1-21-16-8-12(10-4-2-3-5-13(10)18-16)17(20)19-14-9-15-11(14)6-7-22-15/h2-5,8,11,14-15H,6-7,9H2,1H3,(H,19,20)/t11-,14+,15+/m1/s1. The number of hydrogen-bond acceptors (Lipinski definition) is 4. The summed E-state index contributed by atoms with van der Waals surface area (Å²) in [7, 11) is 1.56. The van der Waals surface area contributed by atoms with Crippen LogP contribution < -0.4 is 10.1 Å². The van der Waals surface area contributed by atoms with Crippen molar-refractivity contribution in [2.45, 2.75) is 25.0 Å². The van der Waals surface area contributed by atoms with Crippen molar-refractivity contribution in [3.63, 3.8) is 0 Å². The van der Waals surface area contributed by atoms with E-state index in [1.54, 1.807) is 13.2 Å².